The fraction of sp³-hybridized carbons (Fsp3) is 0.211. The van der Waals surface area contributed by atoms with Crippen molar-refractivity contribution in [3.63, 3.8) is 0 Å². The number of hydrogen-bond acceptors (Lipinski definition) is 6. The molecule has 1 aliphatic heterocycles. The van der Waals surface area contributed by atoms with Crippen LogP contribution in [0, 0.1) is 5.82 Å². The van der Waals surface area contributed by atoms with Crippen molar-refractivity contribution in [1.82, 2.24) is 15.3 Å². The second-order valence-corrected chi connectivity index (χ2v) is 6.01. The van der Waals surface area contributed by atoms with Crippen molar-refractivity contribution >= 4 is 22.8 Å². The maximum absolute atomic E-state index is 12.9. The molecule has 0 radical (unpaired) electrons. The summed E-state index contributed by atoms with van der Waals surface area (Å²) >= 11 is 0. The molecule has 0 amide bonds. The van der Waals surface area contributed by atoms with Crippen LogP contribution in [0.3, 0.4) is 0 Å². The van der Waals surface area contributed by atoms with Crippen LogP contribution in [0.4, 0.5) is 10.2 Å². The van der Waals surface area contributed by atoms with Crippen LogP contribution in [0.5, 0.6) is 5.75 Å². The van der Waals surface area contributed by atoms with Crippen LogP contribution in [0.1, 0.15) is 10.4 Å². The minimum Gasteiger partial charge on any atom is -0.423 e. The number of carbonyl (C=O) groups excluding carboxylic acids is 1. The van der Waals surface area contributed by atoms with Gasteiger partial charge in [-0.3, -0.25) is 4.98 Å². The van der Waals surface area contributed by atoms with Gasteiger partial charge in [-0.15, -0.1) is 0 Å². The van der Waals surface area contributed by atoms with E-state index in [0.717, 1.165) is 32.0 Å². The second kappa shape index (κ2) is 7.05. The fourth-order valence-electron chi connectivity index (χ4n) is 2.84. The molecular formula is C19H17FN4O2. The average Bonchev–Trinajstić information content (AvgIpc) is 2.69. The van der Waals surface area contributed by atoms with Crippen LogP contribution in [0.2, 0.25) is 0 Å². The molecule has 0 bridgehead atoms. The number of nitrogens with zero attached hydrogens (tertiary/aromatic N) is 3. The van der Waals surface area contributed by atoms with Crippen molar-refractivity contribution < 1.29 is 13.9 Å². The highest BCUT2D eigenvalue weighted by Gasteiger charge is 2.14. The highest BCUT2D eigenvalue weighted by atomic mass is 19.1. The number of ether oxygens (including phenoxy) is 1. The van der Waals surface area contributed by atoms with E-state index in [9.17, 15) is 9.18 Å². The summed E-state index contributed by atoms with van der Waals surface area (Å²) in [6.07, 6.45) is 1.75. The van der Waals surface area contributed by atoms with E-state index in [1.54, 1.807) is 24.4 Å². The Balaban J connectivity index is 1.58. The van der Waals surface area contributed by atoms with Gasteiger partial charge in [0.2, 0.25) is 0 Å². The number of nitrogens with one attached hydrogen (secondary N) is 1. The van der Waals surface area contributed by atoms with Gasteiger partial charge in [-0.25, -0.2) is 14.2 Å². The summed E-state index contributed by atoms with van der Waals surface area (Å²) in [6.45, 7) is 3.55. The minimum atomic E-state index is -0.520. The van der Waals surface area contributed by atoms with E-state index < -0.39 is 5.97 Å². The molecule has 26 heavy (non-hydrogen) atoms. The maximum Gasteiger partial charge on any atom is 0.343 e. The quantitative estimate of drug-likeness (QED) is 0.577. The van der Waals surface area contributed by atoms with E-state index >= 15 is 0 Å². The summed E-state index contributed by atoms with van der Waals surface area (Å²) in [5.41, 5.74) is 1.71. The first kappa shape index (κ1) is 16.4. The summed E-state index contributed by atoms with van der Waals surface area (Å²) in [7, 11) is 0. The zero-order valence-corrected chi connectivity index (χ0v) is 14.0. The van der Waals surface area contributed by atoms with E-state index in [2.05, 4.69) is 20.2 Å². The molecule has 1 aromatic heterocycles. The van der Waals surface area contributed by atoms with E-state index in [1.165, 1.54) is 24.3 Å². The number of hydrogen-bond donors (Lipinski definition) is 1. The molecule has 0 unspecified atom stereocenters. The minimum absolute atomic E-state index is 0.289. The summed E-state index contributed by atoms with van der Waals surface area (Å²) in [5.74, 6) is 0.180. The van der Waals surface area contributed by atoms with Gasteiger partial charge in [0.25, 0.3) is 0 Å². The first-order chi connectivity index (χ1) is 12.7. The topological polar surface area (TPSA) is 67.3 Å². The predicted molar refractivity (Wildman–Crippen MR) is 96.0 cm³/mol. The number of carbonyl (C=O) groups is 1. The first-order valence-corrected chi connectivity index (χ1v) is 8.39. The van der Waals surface area contributed by atoms with Crippen LogP contribution in [-0.4, -0.2) is 42.1 Å². The van der Waals surface area contributed by atoms with Crippen molar-refractivity contribution in [3.05, 3.63) is 60.0 Å². The summed E-state index contributed by atoms with van der Waals surface area (Å²) < 4.78 is 18.2. The molecular weight excluding hydrogens is 335 g/mol. The van der Waals surface area contributed by atoms with Gasteiger partial charge in [-0.05, 0) is 42.5 Å². The van der Waals surface area contributed by atoms with Gasteiger partial charge >= 0.3 is 5.97 Å². The van der Waals surface area contributed by atoms with Gasteiger partial charge < -0.3 is 15.0 Å². The zero-order chi connectivity index (χ0) is 17.9. The number of rotatable bonds is 3. The summed E-state index contributed by atoms with van der Waals surface area (Å²) in [4.78, 5) is 23.6. The molecule has 0 atom stereocenters. The second-order valence-electron chi connectivity index (χ2n) is 6.01. The van der Waals surface area contributed by atoms with Crippen LogP contribution in [-0.2, 0) is 0 Å². The van der Waals surface area contributed by atoms with Gasteiger partial charge in [0.15, 0.2) is 0 Å². The van der Waals surface area contributed by atoms with Crippen LogP contribution >= 0.6 is 0 Å². The van der Waals surface area contributed by atoms with Crippen molar-refractivity contribution in [3.8, 4) is 5.75 Å². The van der Waals surface area contributed by atoms with Crippen molar-refractivity contribution in [2.75, 3.05) is 31.1 Å². The van der Waals surface area contributed by atoms with Crippen molar-refractivity contribution in [2.45, 2.75) is 0 Å². The molecule has 2 heterocycles. The number of aromatic nitrogens is 2. The Hall–Kier alpha value is -3.06. The third kappa shape index (κ3) is 3.48. The fourth-order valence-corrected chi connectivity index (χ4v) is 2.84. The third-order valence-corrected chi connectivity index (χ3v) is 4.23. The zero-order valence-electron chi connectivity index (χ0n) is 14.0. The Kier molecular flexibility index (Phi) is 4.45. The predicted octanol–water partition coefficient (Wildman–Crippen LogP) is 2.40. The summed E-state index contributed by atoms with van der Waals surface area (Å²) in [6, 6.07) is 10.4. The van der Waals surface area contributed by atoms with Crippen molar-refractivity contribution in [2.24, 2.45) is 0 Å². The Morgan fingerprint density at radius 3 is 2.62 bits per heavy atom. The number of benzene rings is 2. The standard InChI is InChI=1S/C19H17FN4O2/c20-14-2-4-15(5-3-14)26-19(25)13-1-6-16-17(11-13)23-18(12-22-16)24-9-7-21-8-10-24/h1-6,11-12,21H,7-10H2. The SMILES string of the molecule is O=C(Oc1ccc(F)cc1)c1ccc2ncc(N3CCNCC3)nc2c1. The molecule has 1 saturated heterocycles. The Morgan fingerprint density at radius 1 is 1.08 bits per heavy atom. The van der Waals surface area contributed by atoms with Gasteiger partial charge in [-0.2, -0.15) is 0 Å². The van der Waals surface area contributed by atoms with Crippen LogP contribution < -0.4 is 15.0 Å². The Morgan fingerprint density at radius 2 is 1.85 bits per heavy atom. The monoisotopic (exact) mass is 352 g/mol. The van der Waals surface area contributed by atoms with E-state index in [0.29, 0.717) is 16.6 Å². The number of anilines is 1. The summed E-state index contributed by atoms with van der Waals surface area (Å²) in [5, 5.41) is 3.30. The van der Waals surface area contributed by atoms with Crippen molar-refractivity contribution in [1.29, 1.82) is 0 Å². The third-order valence-electron chi connectivity index (χ3n) is 4.23. The molecule has 3 aromatic rings. The van der Waals surface area contributed by atoms with E-state index in [4.69, 9.17) is 4.74 Å². The lowest BCUT2D eigenvalue weighted by Gasteiger charge is -2.28. The molecule has 0 saturated carbocycles. The Bertz CT molecular complexity index is 940. The lowest BCUT2D eigenvalue weighted by atomic mass is 10.2. The molecule has 0 aliphatic carbocycles. The van der Waals surface area contributed by atoms with Crippen LogP contribution in [0.15, 0.2) is 48.7 Å². The number of fused-ring (bicyclic) bond motifs is 1. The lowest BCUT2D eigenvalue weighted by Crippen LogP contribution is -2.43. The molecule has 7 heteroatoms. The van der Waals surface area contributed by atoms with Crippen LogP contribution in [0.25, 0.3) is 11.0 Å². The van der Waals surface area contributed by atoms with Gasteiger partial charge in [0, 0.05) is 26.2 Å². The maximum atomic E-state index is 12.9. The largest absolute Gasteiger partial charge is 0.423 e. The number of halogens is 1. The molecule has 1 aliphatic rings. The molecule has 132 valence electrons. The smallest absolute Gasteiger partial charge is 0.343 e. The first-order valence-electron chi connectivity index (χ1n) is 8.39. The molecule has 4 rings (SSSR count). The number of esters is 1. The molecule has 2 aromatic carbocycles. The van der Waals surface area contributed by atoms with Gasteiger partial charge in [0.05, 0.1) is 22.8 Å². The highest BCUT2D eigenvalue weighted by Crippen LogP contribution is 2.19. The molecule has 1 fully saturated rings. The average molecular weight is 352 g/mol. The van der Waals surface area contributed by atoms with Gasteiger partial charge in [-0.1, -0.05) is 0 Å². The molecule has 1 N–H and O–H groups in total. The lowest BCUT2D eigenvalue weighted by molar-refractivity contribution is 0.0734. The Labute approximate surface area is 149 Å². The van der Waals surface area contributed by atoms with E-state index in [1.807, 2.05) is 0 Å². The highest BCUT2D eigenvalue weighted by molar-refractivity contribution is 5.94. The molecule has 0 spiro atoms. The number of piperazine rings is 1. The normalized spacial score (nSPS) is 14.4. The molecule has 6 nitrogen and oxygen atoms in total. The van der Waals surface area contributed by atoms with E-state index in [-0.39, 0.29) is 11.6 Å². The van der Waals surface area contributed by atoms with Gasteiger partial charge in [0.1, 0.15) is 17.4 Å².